The van der Waals surface area contributed by atoms with Gasteiger partial charge < -0.3 is 19.1 Å². The fraction of sp³-hybridized carbons (Fsp3) is 0.389. The number of hydrogen-bond donors (Lipinski definition) is 0. The molecule has 1 aromatic carbocycles. The number of rotatable bonds is 6. The van der Waals surface area contributed by atoms with Crippen molar-refractivity contribution in [3.05, 3.63) is 45.2 Å². The SMILES string of the molecule is COc1cc(C(=O)N2CCCC(Oc3ncc(Cl)cn3)C2)c([N+](=O)[O-])cc1OC. The third kappa shape index (κ3) is 4.65. The van der Waals surface area contributed by atoms with Crippen LogP contribution in [0.4, 0.5) is 5.69 Å². The molecule has 1 unspecified atom stereocenters. The van der Waals surface area contributed by atoms with E-state index in [1.807, 2.05) is 0 Å². The molecule has 1 aliphatic heterocycles. The van der Waals surface area contributed by atoms with Gasteiger partial charge in [0.05, 0.1) is 49.2 Å². The van der Waals surface area contributed by atoms with E-state index in [1.54, 1.807) is 0 Å². The molecule has 0 radical (unpaired) electrons. The summed E-state index contributed by atoms with van der Waals surface area (Å²) in [6, 6.07) is 2.67. The van der Waals surface area contributed by atoms with Crippen LogP contribution < -0.4 is 14.2 Å². The van der Waals surface area contributed by atoms with Gasteiger partial charge in [0.1, 0.15) is 11.7 Å². The van der Waals surface area contributed by atoms with E-state index in [1.165, 1.54) is 43.6 Å². The van der Waals surface area contributed by atoms with Crippen molar-refractivity contribution in [2.75, 3.05) is 27.3 Å². The molecule has 2 aromatic rings. The summed E-state index contributed by atoms with van der Waals surface area (Å²) < 4.78 is 16.0. The zero-order valence-electron chi connectivity index (χ0n) is 15.8. The standard InChI is InChI=1S/C18H19ClN4O6/c1-27-15-6-13(14(23(25)26)7-16(15)28-2)17(24)22-5-3-4-12(10-22)29-18-20-8-11(19)9-21-18/h6-9,12H,3-5,10H2,1-2H3. The highest BCUT2D eigenvalue weighted by atomic mass is 35.5. The minimum Gasteiger partial charge on any atom is -0.493 e. The minimum absolute atomic E-state index is 0.0731. The van der Waals surface area contributed by atoms with Gasteiger partial charge in [-0.05, 0) is 12.8 Å². The minimum atomic E-state index is -0.616. The zero-order chi connectivity index (χ0) is 21.0. The summed E-state index contributed by atoms with van der Waals surface area (Å²) in [5.74, 6) is -0.0701. The van der Waals surface area contributed by atoms with Crippen molar-refractivity contribution >= 4 is 23.2 Å². The van der Waals surface area contributed by atoms with Gasteiger partial charge in [-0.2, -0.15) is 0 Å². The molecule has 0 N–H and O–H groups in total. The number of carbonyl (C=O) groups is 1. The summed E-state index contributed by atoms with van der Waals surface area (Å²) in [4.78, 5) is 33.4. The van der Waals surface area contributed by atoms with Crippen molar-refractivity contribution in [3.8, 4) is 17.5 Å². The Bertz CT molecular complexity index is 908. The van der Waals surface area contributed by atoms with Gasteiger partial charge >= 0.3 is 6.01 Å². The summed E-state index contributed by atoms with van der Waals surface area (Å²) in [6.07, 6.45) is 3.87. The predicted molar refractivity (Wildman–Crippen MR) is 103 cm³/mol. The van der Waals surface area contributed by atoms with Crippen molar-refractivity contribution in [2.24, 2.45) is 0 Å². The van der Waals surface area contributed by atoms with Crippen molar-refractivity contribution < 1.29 is 23.9 Å². The number of nitro groups is 1. The Morgan fingerprint density at radius 2 is 1.90 bits per heavy atom. The van der Waals surface area contributed by atoms with Crippen LogP contribution in [-0.4, -0.2) is 59.1 Å². The third-order valence-corrected chi connectivity index (χ3v) is 4.66. The maximum atomic E-state index is 13.1. The fourth-order valence-corrected chi connectivity index (χ4v) is 3.19. The van der Waals surface area contributed by atoms with Crippen LogP contribution in [0.25, 0.3) is 0 Å². The van der Waals surface area contributed by atoms with Crippen LogP contribution >= 0.6 is 11.6 Å². The average Bonchev–Trinajstić information content (AvgIpc) is 2.74. The Hall–Kier alpha value is -3.14. The Balaban J connectivity index is 1.82. The first-order valence-corrected chi connectivity index (χ1v) is 9.14. The normalized spacial score (nSPS) is 16.2. The molecule has 10 nitrogen and oxygen atoms in total. The van der Waals surface area contributed by atoms with E-state index >= 15 is 0 Å². The van der Waals surface area contributed by atoms with E-state index in [9.17, 15) is 14.9 Å². The second-order valence-electron chi connectivity index (χ2n) is 6.30. The zero-order valence-corrected chi connectivity index (χ0v) is 16.6. The van der Waals surface area contributed by atoms with Crippen molar-refractivity contribution in [3.63, 3.8) is 0 Å². The topological polar surface area (TPSA) is 117 Å². The molecule has 0 spiro atoms. The first-order valence-electron chi connectivity index (χ1n) is 8.76. The lowest BCUT2D eigenvalue weighted by atomic mass is 10.1. The maximum Gasteiger partial charge on any atom is 0.316 e. The van der Waals surface area contributed by atoms with E-state index < -0.39 is 10.8 Å². The molecule has 1 atom stereocenters. The van der Waals surface area contributed by atoms with Crippen LogP contribution in [0.5, 0.6) is 17.5 Å². The molecule has 29 heavy (non-hydrogen) atoms. The maximum absolute atomic E-state index is 13.1. The molecule has 1 amide bonds. The number of ether oxygens (including phenoxy) is 3. The predicted octanol–water partition coefficient (Wildman–Crippen LogP) is 2.74. The van der Waals surface area contributed by atoms with Gasteiger partial charge in [-0.25, -0.2) is 9.97 Å². The van der Waals surface area contributed by atoms with Crippen LogP contribution in [0.2, 0.25) is 5.02 Å². The summed E-state index contributed by atoms with van der Waals surface area (Å²) >= 11 is 5.77. The highest BCUT2D eigenvalue weighted by Crippen LogP contribution is 2.35. The average molecular weight is 423 g/mol. The lowest BCUT2D eigenvalue weighted by molar-refractivity contribution is -0.385. The van der Waals surface area contributed by atoms with Crippen LogP contribution in [0, 0.1) is 10.1 Å². The van der Waals surface area contributed by atoms with Crippen LogP contribution in [0.1, 0.15) is 23.2 Å². The molecule has 3 rings (SSSR count). The molecule has 1 aromatic heterocycles. The second-order valence-corrected chi connectivity index (χ2v) is 6.73. The Morgan fingerprint density at radius 1 is 1.24 bits per heavy atom. The van der Waals surface area contributed by atoms with Crippen LogP contribution in [0.15, 0.2) is 24.5 Å². The highest BCUT2D eigenvalue weighted by molar-refractivity contribution is 6.30. The summed E-state index contributed by atoms with van der Waals surface area (Å²) in [6.45, 7) is 0.696. The van der Waals surface area contributed by atoms with Crippen molar-refractivity contribution in [1.29, 1.82) is 0 Å². The van der Waals surface area contributed by atoms with Crippen molar-refractivity contribution in [2.45, 2.75) is 18.9 Å². The third-order valence-electron chi connectivity index (χ3n) is 4.46. The summed E-state index contributed by atoms with van der Waals surface area (Å²) in [5.41, 5.74) is -0.423. The quantitative estimate of drug-likeness (QED) is 0.515. The van der Waals surface area contributed by atoms with Gasteiger partial charge in [0, 0.05) is 12.6 Å². The monoisotopic (exact) mass is 422 g/mol. The second kappa shape index (κ2) is 8.91. The number of likely N-dealkylation sites (tertiary alicyclic amines) is 1. The Morgan fingerprint density at radius 3 is 2.52 bits per heavy atom. The molecule has 1 fully saturated rings. The van der Waals surface area contributed by atoms with Gasteiger partial charge in [-0.3, -0.25) is 14.9 Å². The molecule has 11 heteroatoms. The van der Waals surface area contributed by atoms with Gasteiger partial charge in [0.2, 0.25) is 0 Å². The largest absolute Gasteiger partial charge is 0.493 e. The summed E-state index contributed by atoms with van der Waals surface area (Å²) in [7, 11) is 2.77. The van der Waals surface area contributed by atoms with E-state index in [-0.39, 0.29) is 41.4 Å². The number of methoxy groups -OCH3 is 2. The number of benzene rings is 1. The van der Waals surface area contributed by atoms with Crippen molar-refractivity contribution in [1.82, 2.24) is 14.9 Å². The van der Waals surface area contributed by atoms with Crippen LogP contribution in [-0.2, 0) is 0 Å². The number of hydrogen-bond acceptors (Lipinski definition) is 8. The molecule has 2 heterocycles. The van der Waals surface area contributed by atoms with Gasteiger partial charge in [-0.15, -0.1) is 0 Å². The summed E-state index contributed by atoms with van der Waals surface area (Å²) in [5, 5.41) is 11.9. The smallest absolute Gasteiger partial charge is 0.316 e. The van der Waals surface area contributed by atoms with E-state index in [0.29, 0.717) is 24.4 Å². The van der Waals surface area contributed by atoms with E-state index in [2.05, 4.69) is 9.97 Å². The Labute approximate surface area is 171 Å². The first kappa shape index (κ1) is 20.6. The first-order chi connectivity index (χ1) is 13.9. The van der Waals surface area contributed by atoms with E-state index in [0.717, 1.165) is 0 Å². The fourth-order valence-electron chi connectivity index (χ4n) is 3.09. The number of aromatic nitrogens is 2. The van der Waals surface area contributed by atoms with E-state index in [4.69, 9.17) is 25.8 Å². The van der Waals surface area contributed by atoms with Crippen LogP contribution in [0.3, 0.4) is 0 Å². The number of piperidine rings is 1. The molecule has 1 aliphatic rings. The number of carbonyl (C=O) groups excluding carboxylic acids is 1. The Kier molecular flexibility index (Phi) is 6.32. The highest BCUT2D eigenvalue weighted by Gasteiger charge is 2.31. The molecular formula is C18H19ClN4O6. The number of nitro benzene ring substituents is 1. The van der Waals surface area contributed by atoms with Gasteiger partial charge in [-0.1, -0.05) is 11.6 Å². The van der Waals surface area contributed by atoms with Gasteiger partial charge in [0.15, 0.2) is 11.5 Å². The number of halogens is 1. The number of nitrogens with zero attached hydrogens (tertiary/aromatic N) is 4. The molecule has 0 aliphatic carbocycles. The van der Waals surface area contributed by atoms with Gasteiger partial charge in [0.25, 0.3) is 11.6 Å². The molecule has 0 saturated carbocycles. The molecular weight excluding hydrogens is 404 g/mol. The molecule has 1 saturated heterocycles. The lowest BCUT2D eigenvalue weighted by Crippen LogP contribution is -2.44. The number of amides is 1. The molecule has 154 valence electrons. The lowest BCUT2D eigenvalue weighted by Gasteiger charge is -2.32. The molecule has 0 bridgehead atoms.